The number of nitrogens with zero attached hydrogens (tertiary/aromatic N) is 5. The van der Waals surface area contributed by atoms with Gasteiger partial charge < -0.3 is 14.6 Å². The van der Waals surface area contributed by atoms with E-state index >= 15 is 0 Å². The number of aromatic nitrogens is 4. The Morgan fingerprint density at radius 3 is 2.92 bits per heavy atom. The van der Waals surface area contributed by atoms with Crippen molar-refractivity contribution in [3.63, 3.8) is 0 Å². The summed E-state index contributed by atoms with van der Waals surface area (Å²) in [6, 6.07) is 6.33. The summed E-state index contributed by atoms with van der Waals surface area (Å²) in [6.07, 6.45) is 4.89. The molecule has 0 aliphatic rings. The van der Waals surface area contributed by atoms with Crippen LogP contribution in [0.5, 0.6) is 0 Å². The number of nitrogens with one attached hydrogen (secondary N) is 1. The van der Waals surface area contributed by atoms with E-state index in [9.17, 15) is 4.39 Å². The van der Waals surface area contributed by atoms with Crippen LogP contribution in [0.15, 0.2) is 42.9 Å². The number of benzene rings is 1. The van der Waals surface area contributed by atoms with Gasteiger partial charge in [-0.1, -0.05) is 5.21 Å². The SMILES string of the molecule is [C-]#[N+]c1ccn(-c2ccc(-n3cc(CNC(=S)OC)nn3)cc2F)c1. The molecule has 0 radical (unpaired) electrons. The fourth-order valence-corrected chi connectivity index (χ4v) is 2.26. The molecule has 0 saturated carbocycles. The van der Waals surface area contributed by atoms with Crippen molar-refractivity contribution in [2.45, 2.75) is 6.54 Å². The van der Waals surface area contributed by atoms with Gasteiger partial charge in [0.25, 0.3) is 5.17 Å². The van der Waals surface area contributed by atoms with Crippen LogP contribution in [-0.2, 0) is 11.3 Å². The minimum atomic E-state index is -0.430. The Bertz CT molecular complexity index is 958. The van der Waals surface area contributed by atoms with Crippen LogP contribution < -0.4 is 5.32 Å². The van der Waals surface area contributed by atoms with E-state index in [1.807, 2.05) is 0 Å². The molecular weight excluding hydrogens is 343 g/mol. The highest BCUT2D eigenvalue weighted by Gasteiger charge is 2.09. The lowest BCUT2D eigenvalue weighted by atomic mass is 10.2. The Hall–Kier alpha value is -3.25. The summed E-state index contributed by atoms with van der Waals surface area (Å²) in [5, 5.41) is 11.1. The zero-order valence-electron chi connectivity index (χ0n) is 13.2. The van der Waals surface area contributed by atoms with E-state index in [1.54, 1.807) is 41.4 Å². The maximum Gasteiger partial charge on any atom is 0.256 e. The minimum Gasteiger partial charge on any atom is -0.474 e. The van der Waals surface area contributed by atoms with Gasteiger partial charge in [0.2, 0.25) is 5.69 Å². The number of methoxy groups -OCH3 is 1. The highest BCUT2D eigenvalue weighted by Crippen LogP contribution is 2.21. The summed E-state index contributed by atoms with van der Waals surface area (Å²) < 4.78 is 22.3. The third kappa shape index (κ3) is 3.64. The molecule has 0 amide bonds. The second kappa shape index (κ2) is 7.11. The molecule has 2 aromatic heterocycles. The average molecular weight is 356 g/mol. The predicted octanol–water partition coefficient (Wildman–Crippen LogP) is 2.77. The topological polar surface area (TPSA) is 61.3 Å². The number of rotatable bonds is 4. The Morgan fingerprint density at radius 2 is 2.24 bits per heavy atom. The molecule has 3 aromatic rings. The highest BCUT2D eigenvalue weighted by atomic mass is 32.1. The first kappa shape index (κ1) is 16.6. The first-order chi connectivity index (χ1) is 12.1. The fraction of sp³-hybridized carbons (Fsp3) is 0.125. The normalized spacial score (nSPS) is 10.3. The van der Waals surface area contributed by atoms with Crippen molar-refractivity contribution in [1.29, 1.82) is 0 Å². The average Bonchev–Trinajstić information content (AvgIpc) is 3.28. The Morgan fingerprint density at radius 1 is 1.40 bits per heavy atom. The number of hydrogen-bond donors (Lipinski definition) is 1. The standard InChI is InChI=1S/C16H13FN6OS/c1-18-11-5-6-22(9-11)15-4-3-13(7-14(15)17)23-10-12(20-21-23)8-19-16(25)24-2/h3-7,9-10H,8H2,2H3,(H,19,25). The van der Waals surface area contributed by atoms with Gasteiger partial charge in [-0.3, -0.25) is 0 Å². The van der Waals surface area contributed by atoms with E-state index < -0.39 is 5.82 Å². The predicted molar refractivity (Wildman–Crippen MR) is 93.4 cm³/mol. The third-order valence-electron chi connectivity index (χ3n) is 3.42. The van der Waals surface area contributed by atoms with E-state index in [0.29, 0.717) is 29.3 Å². The molecule has 25 heavy (non-hydrogen) atoms. The molecule has 0 bridgehead atoms. The summed E-state index contributed by atoms with van der Waals surface area (Å²) in [5.41, 5.74) is 1.97. The molecule has 0 aliphatic heterocycles. The van der Waals surface area contributed by atoms with E-state index in [2.05, 4.69) is 20.5 Å². The van der Waals surface area contributed by atoms with Crippen LogP contribution in [-0.4, -0.2) is 31.8 Å². The molecule has 3 rings (SSSR count). The van der Waals surface area contributed by atoms with Crippen molar-refractivity contribution >= 4 is 23.1 Å². The van der Waals surface area contributed by atoms with Crippen LogP contribution in [0.1, 0.15) is 5.69 Å². The summed E-state index contributed by atoms with van der Waals surface area (Å²) >= 11 is 4.88. The van der Waals surface area contributed by atoms with Crippen LogP contribution in [0.2, 0.25) is 0 Å². The van der Waals surface area contributed by atoms with Crippen LogP contribution in [0.4, 0.5) is 10.1 Å². The van der Waals surface area contributed by atoms with Crippen molar-refractivity contribution in [3.05, 3.63) is 65.8 Å². The van der Waals surface area contributed by atoms with Crippen molar-refractivity contribution in [3.8, 4) is 11.4 Å². The van der Waals surface area contributed by atoms with Gasteiger partial charge in [-0.25, -0.2) is 13.9 Å². The van der Waals surface area contributed by atoms with Crippen LogP contribution in [0, 0.1) is 12.4 Å². The highest BCUT2D eigenvalue weighted by molar-refractivity contribution is 7.80. The van der Waals surface area contributed by atoms with Crippen molar-refractivity contribution in [1.82, 2.24) is 24.9 Å². The Kier molecular flexibility index (Phi) is 4.72. The van der Waals surface area contributed by atoms with Gasteiger partial charge in [-0.2, -0.15) is 0 Å². The van der Waals surface area contributed by atoms with Gasteiger partial charge in [0.15, 0.2) is 0 Å². The number of hydrogen-bond acceptors (Lipinski definition) is 4. The van der Waals surface area contributed by atoms with Gasteiger partial charge in [0, 0.05) is 12.3 Å². The number of halogens is 1. The first-order valence-corrected chi connectivity index (χ1v) is 7.60. The molecular formula is C16H13FN6OS. The van der Waals surface area contributed by atoms with Crippen molar-refractivity contribution < 1.29 is 9.13 Å². The zero-order valence-corrected chi connectivity index (χ0v) is 14.0. The van der Waals surface area contributed by atoms with Crippen LogP contribution in [0.25, 0.3) is 16.2 Å². The van der Waals surface area contributed by atoms with E-state index in [1.165, 1.54) is 17.9 Å². The summed E-state index contributed by atoms with van der Waals surface area (Å²) in [5.74, 6) is -0.430. The molecule has 0 spiro atoms. The molecule has 7 nitrogen and oxygen atoms in total. The molecule has 9 heteroatoms. The van der Waals surface area contributed by atoms with Gasteiger partial charge >= 0.3 is 0 Å². The fourth-order valence-electron chi connectivity index (χ4n) is 2.19. The van der Waals surface area contributed by atoms with Gasteiger partial charge in [-0.15, -0.1) is 5.10 Å². The maximum absolute atomic E-state index is 14.4. The molecule has 0 fully saturated rings. The lowest BCUT2D eigenvalue weighted by molar-refractivity contribution is 0.392. The lowest BCUT2D eigenvalue weighted by Crippen LogP contribution is -2.22. The van der Waals surface area contributed by atoms with Crippen LogP contribution in [0.3, 0.4) is 0 Å². The van der Waals surface area contributed by atoms with Crippen molar-refractivity contribution in [2.24, 2.45) is 0 Å². The summed E-state index contributed by atoms with van der Waals surface area (Å²) in [4.78, 5) is 3.31. The van der Waals surface area contributed by atoms with Gasteiger partial charge in [0.1, 0.15) is 11.5 Å². The molecule has 126 valence electrons. The molecule has 0 saturated heterocycles. The quantitative estimate of drug-likeness (QED) is 0.575. The molecule has 0 aliphatic carbocycles. The smallest absolute Gasteiger partial charge is 0.256 e. The molecule has 2 heterocycles. The largest absolute Gasteiger partial charge is 0.474 e. The Labute approximate surface area is 148 Å². The molecule has 1 N–H and O–H groups in total. The zero-order chi connectivity index (χ0) is 17.8. The minimum absolute atomic E-state index is 0.260. The Balaban J connectivity index is 1.80. The first-order valence-electron chi connectivity index (χ1n) is 7.19. The molecule has 1 aromatic carbocycles. The lowest BCUT2D eigenvalue weighted by Gasteiger charge is -2.07. The van der Waals surface area contributed by atoms with Crippen LogP contribution >= 0.6 is 12.2 Å². The number of ether oxygens (including phenoxy) is 1. The number of thiocarbonyl (C=S) groups is 1. The third-order valence-corrected chi connectivity index (χ3v) is 3.73. The second-order valence-corrected chi connectivity index (χ2v) is 5.39. The second-order valence-electron chi connectivity index (χ2n) is 5.02. The summed E-state index contributed by atoms with van der Waals surface area (Å²) in [6.45, 7) is 7.33. The monoisotopic (exact) mass is 356 g/mol. The maximum atomic E-state index is 14.4. The van der Waals surface area contributed by atoms with Gasteiger partial charge in [0.05, 0.1) is 37.8 Å². The summed E-state index contributed by atoms with van der Waals surface area (Å²) in [7, 11) is 1.47. The van der Waals surface area contributed by atoms with Gasteiger partial charge in [-0.05, 0) is 36.6 Å². The molecule has 0 unspecified atom stereocenters. The van der Waals surface area contributed by atoms with E-state index in [4.69, 9.17) is 23.5 Å². The molecule has 0 atom stereocenters. The van der Waals surface area contributed by atoms with E-state index in [0.717, 1.165) is 0 Å². The van der Waals surface area contributed by atoms with Crippen molar-refractivity contribution in [2.75, 3.05) is 7.11 Å². The van der Waals surface area contributed by atoms with E-state index in [-0.39, 0.29) is 5.17 Å².